The zero-order valence-electron chi connectivity index (χ0n) is 19.7. The summed E-state index contributed by atoms with van der Waals surface area (Å²) in [7, 11) is -2.01. The Kier molecular flexibility index (Phi) is 6.83. The van der Waals surface area contributed by atoms with Gasteiger partial charge >= 0.3 is 0 Å². The Bertz CT molecular complexity index is 1330. The van der Waals surface area contributed by atoms with E-state index in [-0.39, 0.29) is 10.8 Å². The summed E-state index contributed by atoms with van der Waals surface area (Å²) in [6.45, 7) is 4.70. The monoisotopic (exact) mass is 479 g/mol. The number of aryl methyl sites for hydroxylation is 2. The van der Waals surface area contributed by atoms with Crippen molar-refractivity contribution < 1.29 is 13.2 Å². The molecule has 0 bridgehead atoms. The van der Waals surface area contributed by atoms with Crippen LogP contribution in [0.25, 0.3) is 5.69 Å². The number of hydrogen-bond donors (Lipinski definition) is 1. The minimum absolute atomic E-state index is 0.0512. The van der Waals surface area contributed by atoms with Gasteiger partial charge in [-0.2, -0.15) is 13.5 Å². The normalized spacial score (nSPS) is 15.9. The van der Waals surface area contributed by atoms with Crippen LogP contribution in [0.2, 0.25) is 0 Å². The first-order valence-corrected chi connectivity index (χ1v) is 12.8. The summed E-state index contributed by atoms with van der Waals surface area (Å²) in [5.74, 6) is 0.249. The van der Waals surface area contributed by atoms with Crippen LogP contribution in [0.1, 0.15) is 47.4 Å². The second kappa shape index (κ2) is 9.80. The predicted molar refractivity (Wildman–Crippen MR) is 133 cm³/mol. The lowest BCUT2D eigenvalue weighted by Gasteiger charge is -2.17. The Hall–Kier alpha value is -3.46. The first kappa shape index (κ1) is 23.7. The Morgan fingerprint density at radius 2 is 1.79 bits per heavy atom. The van der Waals surface area contributed by atoms with Gasteiger partial charge in [-0.25, -0.2) is 4.68 Å². The number of carbonyl (C=O) groups is 1. The lowest BCUT2D eigenvalue weighted by molar-refractivity contribution is 0.102. The summed E-state index contributed by atoms with van der Waals surface area (Å²) < 4.78 is 31.8. The Morgan fingerprint density at radius 1 is 1.03 bits per heavy atom. The Labute approximate surface area is 200 Å². The van der Waals surface area contributed by atoms with Gasteiger partial charge in [-0.3, -0.25) is 4.79 Å². The van der Waals surface area contributed by atoms with E-state index < -0.39 is 10.0 Å². The molecule has 0 saturated carbocycles. The maximum Gasteiger partial charge on any atom is 0.284 e. The lowest BCUT2D eigenvalue weighted by Crippen LogP contribution is -2.26. The molecule has 4 rings (SSSR count). The van der Waals surface area contributed by atoms with Crippen LogP contribution >= 0.6 is 0 Å². The summed E-state index contributed by atoms with van der Waals surface area (Å²) in [5, 5.41) is 7.24. The zero-order chi connectivity index (χ0) is 24.3. The molecule has 9 heteroatoms. The van der Waals surface area contributed by atoms with Crippen molar-refractivity contribution in [2.75, 3.05) is 18.9 Å². The van der Waals surface area contributed by atoms with E-state index in [1.165, 1.54) is 12.1 Å². The van der Waals surface area contributed by atoms with Crippen molar-refractivity contribution in [1.29, 1.82) is 0 Å². The second-order valence-corrected chi connectivity index (χ2v) is 10.2. The van der Waals surface area contributed by atoms with Crippen LogP contribution in [-0.4, -0.2) is 48.4 Å². The van der Waals surface area contributed by atoms with E-state index in [4.69, 9.17) is 0 Å². The van der Waals surface area contributed by atoms with Gasteiger partial charge in [0.05, 0.1) is 16.3 Å². The van der Waals surface area contributed by atoms with Crippen LogP contribution in [0.15, 0.2) is 63.9 Å². The van der Waals surface area contributed by atoms with Crippen LogP contribution in [0.3, 0.4) is 0 Å². The third-order valence-electron chi connectivity index (χ3n) is 5.83. The molecular formula is C25H29N5O3S. The first-order valence-electron chi connectivity index (χ1n) is 11.3. The average Bonchev–Trinajstić information content (AvgIpc) is 3.02. The third kappa shape index (κ3) is 5.36. The van der Waals surface area contributed by atoms with E-state index in [0.29, 0.717) is 23.5 Å². The van der Waals surface area contributed by atoms with Crippen LogP contribution in [0.4, 0.5) is 5.69 Å². The number of carbonyl (C=O) groups excluding carboxylic acids is 1. The number of anilines is 1. The highest BCUT2D eigenvalue weighted by Gasteiger charge is 2.19. The molecule has 8 nitrogen and oxygen atoms in total. The molecule has 1 aromatic heterocycles. The first-order chi connectivity index (χ1) is 16.2. The van der Waals surface area contributed by atoms with Gasteiger partial charge in [-0.05, 0) is 75.2 Å². The van der Waals surface area contributed by atoms with Crippen molar-refractivity contribution in [3.63, 3.8) is 0 Å². The molecule has 3 aromatic rings. The van der Waals surface area contributed by atoms with Crippen molar-refractivity contribution in [1.82, 2.24) is 14.7 Å². The summed E-state index contributed by atoms with van der Waals surface area (Å²) in [6, 6.07) is 15.3. The van der Waals surface area contributed by atoms with E-state index in [1.54, 1.807) is 24.3 Å². The summed E-state index contributed by atoms with van der Waals surface area (Å²) in [6.07, 6.45) is 3.65. The second-order valence-electron chi connectivity index (χ2n) is 8.58. The molecule has 2 aromatic carbocycles. The average molecular weight is 480 g/mol. The maximum atomic E-state index is 12.9. The number of aromatic nitrogens is 2. The minimum Gasteiger partial charge on any atom is -0.362 e. The number of amides is 1. The summed E-state index contributed by atoms with van der Waals surface area (Å²) >= 11 is 0. The number of rotatable bonds is 5. The van der Waals surface area contributed by atoms with E-state index in [2.05, 4.69) is 14.8 Å². The third-order valence-corrected chi connectivity index (χ3v) is 7.13. The predicted octanol–water partition coefficient (Wildman–Crippen LogP) is 4.33. The van der Waals surface area contributed by atoms with Crippen LogP contribution < -0.4 is 5.32 Å². The van der Waals surface area contributed by atoms with Gasteiger partial charge in [0.25, 0.3) is 15.9 Å². The van der Waals surface area contributed by atoms with Crippen LogP contribution in [0, 0.1) is 13.8 Å². The fraction of sp³-hybridized carbons (Fsp3) is 0.320. The van der Waals surface area contributed by atoms with Crippen molar-refractivity contribution in [2.45, 2.75) is 44.4 Å². The van der Waals surface area contributed by atoms with Gasteiger partial charge in [0.15, 0.2) is 0 Å². The van der Waals surface area contributed by atoms with Gasteiger partial charge in [-0.1, -0.05) is 12.5 Å². The van der Waals surface area contributed by atoms with E-state index in [0.717, 1.165) is 42.9 Å². The van der Waals surface area contributed by atoms with Gasteiger partial charge < -0.3 is 10.2 Å². The van der Waals surface area contributed by atoms with E-state index in [9.17, 15) is 13.2 Å². The molecule has 2 heterocycles. The van der Waals surface area contributed by atoms with E-state index >= 15 is 0 Å². The van der Waals surface area contributed by atoms with Gasteiger partial charge in [0.1, 0.15) is 5.84 Å². The number of hydrogen-bond acceptors (Lipinski definition) is 4. The number of likely N-dealkylation sites (tertiary alicyclic amines) is 1. The van der Waals surface area contributed by atoms with Gasteiger partial charge in [0, 0.05) is 37.0 Å². The van der Waals surface area contributed by atoms with E-state index in [1.807, 2.05) is 48.7 Å². The molecule has 0 spiro atoms. The number of amidine groups is 1. The molecule has 1 aliphatic rings. The highest BCUT2D eigenvalue weighted by atomic mass is 32.2. The maximum absolute atomic E-state index is 12.9. The highest BCUT2D eigenvalue weighted by Crippen LogP contribution is 2.21. The van der Waals surface area contributed by atoms with Crippen LogP contribution in [-0.2, 0) is 10.0 Å². The molecule has 1 N–H and O–H groups in total. The minimum atomic E-state index is -3.89. The SMILES string of the molecule is Cc1cc(C)n(-c2ccc(C(=O)Nc3cccc(S(=O)(=O)/N=C4\CCCCCN4C)c3)cc2)n1. The highest BCUT2D eigenvalue weighted by molar-refractivity contribution is 7.90. The fourth-order valence-corrected chi connectivity index (χ4v) is 5.16. The fourth-order valence-electron chi connectivity index (χ4n) is 4.02. The summed E-state index contributed by atoms with van der Waals surface area (Å²) in [4.78, 5) is 14.7. The molecule has 0 radical (unpaired) electrons. The molecule has 0 unspecified atom stereocenters. The number of nitrogens with zero attached hydrogens (tertiary/aromatic N) is 4. The number of sulfonamides is 1. The van der Waals surface area contributed by atoms with Crippen molar-refractivity contribution in [3.05, 3.63) is 71.5 Å². The molecule has 1 fully saturated rings. The topological polar surface area (TPSA) is 96.7 Å². The molecule has 0 aliphatic carbocycles. The van der Waals surface area contributed by atoms with Gasteiger partial charge in [-0.15, -0.1) is 4.40 Å². The number of nitrogens with one attached hydrogen (secondary N) is 1. The lowest BCUT2D eigenvalue weighted by atomic mass is 10.2. The van der Waals surface area contributed by atoms with Gasteiger partial charge in [0.2, 0.25) is 0 Å². The summed E-state index contributed by atoms with van der Waals surface area (Å²) in [5.41, 5.74) is 3.64. The van der Waals surface area contributed by atoms with Crippen molar-refractivity contribution in [2.24, 2.45) is 4.40 Å². The largest absolute Gasteiger partial charge is 0.362 e. The van der Waals surface area contributed by atoms with Crippen LogP contribution in [0.5, 0.6) is 0 Å². The van der Waals surface area contributed by atoms with Crippen molar-refractivity contribution in [3.8, 4) is 5.69 Å². The quantitative estimate of drug-likeness (QED) is 0.587. The van der Waals surface area contributed by atoms with Crippen molar-refractivity contribution >= 4 is 27.5 Å². The molecule has 34 heavy (non-hydrogen) atoms. The molecule has 0 atom stereocenters. The smallest absolute Gasteiger partial charge is 0.284 e. The molecular weight excluding hydrogens is 450 g/mol. The molecule has 178 valence electrons. The number of benzene rings is 2. The Morgan fingerprint density at radius 3 is 2.50 bits per heavy atom. The molecule has 1 amide bonds. The standard InChI is InChI=1S/C25H29N5O3S/c1-18-16-19(2)30(27-18)22-13-11-20(12-14-22)25(31)26-21-8-7-9-23(17-21)34(32,33)28-24-10-5-4-6-15-29(24)3/h7-9,11-14,16-17H,4-6,10,15H2,1-3H3,(H,26,31)/b28-24+. The molecule has 1 aliphatic heterocycles. The zero-order valence-corrected chi connectivity index (χ0v) is 20.5. The Balaban J connectivity index is 1.51. The molecule has 1 saturated heterocycles.